The quantitative estimate of drug-likeness (QED) is 0.146. The summed E-state index contributed by atoms with van der Waals surface area (Å²) in [5, 5.41) is 8.20. The highest BCUT2D eigenvalue weighted by Crippen LogP contribution is 2.08. The van der Waals surface area contributed by atoms with E-state index in [1.165, 1.54) is 20.3 Å². The fourth-order valence-electron chi connectivity index (χ4n) is 3.11. The van der Waals surface area contributed by atoms with Crippen molar-refractivity contribution in [1.29, 1.82) is 0 Å². The van der Waals surface area contributed by atoms with E-state index in [4.69, 9.17) is 0 Å². The second-order valence-electron chi connectivity index (χ2n) is 7.45. The van der Waals surface area contributed by atoms with Crippen molar-refractivity contribution in [3.05, 3.63) is 35.9 Å². The summed E-state index contributed by atoms with van der Waals surface area (Å²) in [4.78, 5) is 47.9. The first-order valence-corrected chi connectivity index (χ1v) is 11.0. The van der Waals surface area contributed by atoms with Gasteiger partial charge in [0.05, 0.1) is 6.04 Å². The molecule has 0 radical (unpaired) electrons. The third kappa shape index (κ3) is 12.2. The Bertz CT molecular complexity index is 721. The van der Waals surface area contributed by atoms with Gasteiger partial charge in [0.25, 0.3) is 0 Å². The highest BCUT2D eigenvalue weighted by Gasteiger charge is 2.23. The van der Waals surface area contributed by atoms with Crippen molar-refractivity contribution in [2.75, 3.05) is 13.1 Å². The average molecular weight is 448 g/mol. The van der Waals surface area contributed by atoms with E-state index in [1.807, 2.05) is 30.3 Å². The number of benzene rings is 1. The predicted octanol–water partition coefficient (Wildman–Crippen LogP) is -0.121. The van der Waals surface area contributed by atoms with E-state index in [0.29, 0.717) is 38.8 Å². The van der Waals surface area contributed by atoms with Gasteiger partial charge in [-0.05, 0) is 37.7 Å². The lowest BCUT2D eigenvalue weighted by atomic mass is 9.91. The maximum absolute atomic E-state index is 12.7. The maximum Gasteiger partial charge on any atom is 0.243 e. The van der Waals surface area contributed by atoms with Crippen LogP contribution in [0, 0.1) is 0 Å². The van der Waals surface area contributed by atoms with Crippen LogP contribution >= 0.6 is 12.8 Å². The van der Waals surface area contributed by atoms with Crippen molar-refractivity contribution in [3.8, 4) is 0 Å². The van der Waals surface area contributed by atoms with Crippen molar-refractivity contribution >= 4 is 44.1 Å². The van der Waals surface area contributed by atoms with Crippen LogP contribution in [-0.4, -0.2) is 56.4 Å². The minimum absolute atomic E-state index is 0.103. The van der Waals surface area contributed by atoms with Gasteiger partial charge in [0.15, 0.2) is 7.85 Å². The minimum Gasteiger partial charge on any atom is -0.356 e. The largest absolute Gasteiger partial charge is 0.356 e. The molecule has 4 N–H and O–H groups in total. The number of thiol groups is 1. The summed E-state index contributed by atoms with van der Waals surface area (Å²) >= 11 is 3.83. The maximum atomic E-state index is 12.7. The van der Waals surface area contributed by atoms with Gasteiger partial charge in [-0.15, -0.1) is 0 Å². The molecule has 0 aliphatic heterocycles. The molecule has 0 spiro atoms. The Morgan fingerprint density at radius 2 is 1.65 bits per heavy atom. The summed E-state index contributed by atoms with van der Waals surface area (Å²) in [5.74, 6) is -0.765. The van der Waals surface area contributed by atoms with E-state index in [9.17, 15) is 19.2 Å². The van der Waals surface area contributed by atoms with E-state index in [0.717, 1.165) is 12.8 Å². The van der Waals surface area contributed by atoms with Gasteiger partial charge in [0.1, 0.15) is 11.7 Å². The molecule has 8 nitrogen and oxygen atoms in total. The number of carbonyl (C=O) groups is 4. The van der Waals surface area contributed by atoms with Crippen molar-refractivity contribution in [2.45, 2.75) is 57.5 Å². The summed E-state index contributed by atoms with van der Waals surface area (Å²) < 4.78 is 2.60. The molecule has 0 saturated carbocycles. The number of nitrogens with one attached hydrogen (secondary N) is 4. The molecule has 0 bridgehead atoms. The first-order valence-electron chi connectivity index (χ1n) is 10.6. The number of carbonyl (C=O) groups excluding carboxylic acids is 4. The van der Waals surface area contributed by atoms with Gasteiger partial charge < -0.3 is 20.7 Å². The number of rotatable bonds is 15. The van der Waals surface area contributed by atoms with Gasteiger partial charge in [-0.25, -0.2) is 0 Å². The molecule has 0 aliphatic rings. The Balaban J connectivity index is 2.52. The van der Waals surface area contributed by atoms with Crippen LogP contribution in [0.3, 0.4) is 0 Å². The molecule has 1 rings (SSSR count). The van der Waals surface area contributed by atoms with Gasteiger partial charge in [-0.1, -0.05) is 43.1 Å². The first-order chi connectivity index (χ1) is 14.8. The van der Waals surface area contributed by atoms with Gasteiger partial charge in [-0.3, -0.25) is 19.1 Å². The highest BCUT2D eigenvalue weighted by molar-refractivity contribution is 7.78. The zero-order chi connectivity index (χ0) is 23.1. The summed E-state index contributed by atoms with van der Waals surface area (Å²) in [5.41, 5.74) is 1.00. The minimum atomic E-state index is -0.698. The van der Waals surface area contributed by atoms with E-state index in [1.54, 1.807) is 0 Å². The van der Waals surface area contributed by atoms with Gasteiger partial charge >= 0.3 is 0 Å². The summed E-state index contributed by atoms with van der Waals surface area (Å²) in [6.45, 7) is 2.25. The van der Waals surface area contributed by atoms with Crippen molar-refractivity contribution in [2.24, 2.45) is 0 Å². The molecule has 1 aromatic carbocycles. The van der Waals surface area contributed by atoms with E-state index in [-0.39, 0.29) is 23.4 Å². The van der Waals surface area contributed by atoms with Crippen LogP contribution in [-0.2, 0) is 25.6 Å². The van der Waals surface area contributed by atoms with E-state index in [2.05, 4.69) is 33.5 Å². The van der Waals surface area contributed by atoms with Crippen LogP contribution in [0.5, 0.6) is 0 Å². The molecular formula is C21H33BN4O4S. The summed E-state index contributed by atoms with van der Waals surface area (Å²) in [6, 6.07) is 8.56. The van der Waals surface area contributed by atoms with E-state index < -0.39 is 12.1 Å². The lowest BCUT2D eigenvalue weighted by molar-refractivity contribution is -0.130. The van der Waals surface area contributed by atoms with Crippen molar-refractivity contribution in [3.63, 3.8) is 0 Å². The number of hydrogen-bond donors (Lipinski definition) is 5. The fourth-order valence-corrected chi connectivity index (χ4v) is 3.22. The molecule has 31 heavy (non-hydrogen) atoms. The van der Waals surface area contributed by atoms with Crippen LogP contribution in [0.1, 0.15) is 44.6 Å². The van der Waals surface area contributed by atoms with Crippen molar-refractivity contribution in [1.82, 2.24) is 20.7 Å². The molecule has 0 aliphatic carbocycles. The Morgan fingerprint density at radius 1 is 0.968 bits per heavy atom. The molecule has 0 fully saturated rings. The molecule has 0 unspecified atom stereocenters. The molecule has 0 saturated heterocycles. The van der Waals surface area contributed by atoms with Crippen LogP contribution < -0.4 is 20.7 Å². The van der Waals surface area contributed by atoms with E-state index >= 15 is 0 Å². The van der Waals surface area contributed by atoms with Crippen LogP contribution in [0.15, 0.2) is 30.3 Å². The Labute approximate surface area is 190 Å². The van der Waals surface area contributed by atoms with Crippen molar-refractivity contribution < 1.29 is 19.2 Å². The van der Waals surface area contributed by atoms with Crippen LogP contribution in [0.2, 0.25) is 0 Å². The molecule has 2 atom stereocenters. The third-order valence-corrected chi connectivity index (χ3v) is 4.98. The molecule has 170 valence electrons. The van der Waals surface area contributed by atoms with Crippen LogP contribution in [0.4, 0.5) is 0 Å². The zero-order valence-corrected chi connectivity index (χ0v) is 19.2. The molecule has 3 amide bonds. The Hall–Kier alpha value is -2.33. The average Bonchev–Trinajstić information content (AvgIpc) is 2.73. The summed E-state index contributed by atoms with van der Waals surface area (Å²) in [7, 11) is 1.42. The molecule has 0 heterocycles. The Kier molecular flexibility index (Phi) is 13.3. The normalized spacial score (nSPS) is 12.5. The smallest absolute Gasteiger partial charge is 0.243 e. The lowest BCUT2D eigenvalue weighted by Gasteiger charge is -2.22. The van der Waals surface area contributed by atoms with Crippen LogP contribution in [0.25, 0.3) is 0 Å². The monoisotopic (exact) mass is 448 g/mol. The SMILES string of the molecule is BC(=O)[C@H](CCCNC(=O)CCNS)NC(=O)[C@H](CCCc1ccccc1)NC(C)=O. The highest BCUT2D eigenvalue weighted by atomic mass is 32.1. The second-order valence-corrected chi connectivity index (χ2v) is 7.77. The van der Waals surface area contributed by atoms with Gasteiger partial charge in [-0.2, -0.15) is 0 Å². The van der Waals surface area contributed by atoms with Gasteiger partial charge in [0, 0.05) is 26.4 Å². The summed E-state index contributed by atoms with van der Waals surface area (Å²) in [6.07, 6.45) is 3.26. The molecule has 1 aromatic rings. The Morgan fingerprint density at radius 3 is 2.26 bits per heavy atom. The molecular weight excluding hydrogens is 415 g/mol. The zero-order valence-electron chi connectivity index (χ0n) is 18.3. The first kappa shape index (κ1) is 26.7. The number of hydrogen-bond acceptors (Lipinski definition) is 6. The molecule has 10 heteroatoms. The second kappa shape index (κ2) is 15.5. The fraction of sp³-hybridized carbons (Fsp3) is 0.524. The third-order valence-electron chi connectivity index (χ3n) is 4.76. The number of aryl methyl sites for hydroxylation is 1. The standard InChI is InChI=1S/C21H33BN4O4S/c1-15(27)25-18(10-5-9-16-7-3-2-4-8-16)21(30)26-17(20(22)29)11-6-13-23-19(28)12-14-24-31/h2-4,7-8,17-18,24,31H,5-6,9-14,22H2,1H3,(H,23,28)(H,25,27)(H,26,30)/t17-,18-/m0/s1. The predicted molar refractivity (Wildman–Crippen MR) is 126 cm³/mol. The number of amides is 3. The molecule has 0 aromatic heterocycles. The lowest BCUT2D eigenvalue weighted by Crippen LogP contribution is -2.51. The van der Waals surface area contributed by atoms with Gasteiger partial charge in [0.2, 0.25) is 17.7 Å². The topological polar surface area (TPSA) is 116 Å².